The largest absolute Gasteiger partial charge is 0.356 e. The average Bonchev–Trinajstić information content (AvgIpc) is 3.11. The van der Waals surface area contributed by atoms with E-state index < -0.39 is 11.6 Å². The van der Waals surface area contributed by atoms with Crippen molar-refractivity contribution in [3.05, 3.63) is 0 Å². The van der Waals surface area contributed by atoms with E-state index in [-0.39, 0.29) is 23.1 Å². The van der Waals surface area contributed by atoms with Crippen LogP contribution in [0.3, 0.4) is 0 Å². The summed E-state index contributed by atoms with van der Waals surface area (Å²) < 4.78 is 0. The Kier molecular flexibility index (Phi) is 3.75. The normalized spacial score (nSPS) is 41.3. The fourth-order valence-electron chi connectivity index (χ4n) is 4.06. The van der Waals surface area contributed by atoms with Crippen LogP contribution in [0.15, 0.2) is 0 Å². The van der Waals surface area contributed by atoms with Crippen LogP contribution in [-0.2, 0) is 14.4 Å². The van der Waals surface area contributed by atoms with Gasteiger partial charge in [-0.3, -0.25) is 9.59 Å². The summed E-state index contributed by atoms with van der Waals surface area (Å²) in [5, 5.41) is 8.97. The van der Waals surface area contributed by atoms with E-state index in [1.165, 1.54) is 0 Å². The van der Waals surface area contributed by atoms with Crippen molar-refractivity contribution in [3.63, 3.8) is 0 Å². The smallest absolute Gasteiger partial charge is 0.241 e. The summed E-state index contributed by atoms with van der Waals surface area (Å²) in [4.78, 5) is 35.8. The first-order chi connectivity index (χ1) is 10.4. The predicted molar refractivity (Wildman–Crippen MR) is 81.0 cm³/mol. The molecule has 0 aromatic heterocycles. The fourth-order valence-corrected chi connectivity index (χ4v) is 4.06. The van der Waals surface area contributed by atoms with Crippen molar-refractivity contribution in [1.29, 1.82) is 0 Å². The van der Waals surface area contributed by atoms with E-state index in [1.54, 1.807) is 0 Å². The van der Waals surface area contributed by atoms with E-state index in [0.717, 1.165) is 32.1 Å². The van der Waals surface area contributed by atoms with Crippen LogP contribution in [0.1, 0.15) is 39.5 Å². The van der Waals surface area contributed by atoms with Crippen LogP contribution in [0, 0.1) is 17.3 Å². The number of rotatable bonds is 5. The number of aldehydes is 1. The second-order valence-electron chi connectivity index (χ2n) is 7.41. The highest BCUT2D eigenvalue weighted by atomic mass is 16.2. The van der Waals surface area contributed by atoms with Crippen molar-refractivity contribution in [1.82, 2.24) is 16.0 Å². The summed E-state index contributed by atoms with van der Waals surface area (Å²) >= 11 is 0. The Morgan fingerprint density at radius 3 is 2.82 bits per heavy atom. The van der Waals surface area contributed by atoms with Gasteiger partial charge in [-0.15, -0.1) is 0 Å². The van der Waals surface area contributed by atoms with Gasteiger partial charge < -0.3 is 20.7 Å². The van der Waals surface area contributed by atoms with Crippen molar-refractivity contribution in [2.45, 2.75) is 51.1 Å². The Hall–Kier alpha value is -1.43. The summed E-state index contributed by atoms with van der Waals surface area (Å²) in [6.07, 6.45) is 3.90. The third-order valence-corrected chi connectivity index (χ3v) is 6.13. The van der Waals surface area contributed by atoms with Crippen LogP contribution < -0.4 is 16.0 Å². The molecule has 6 heteroatoms. The summed E-state index contributed by atoms with van der Waals surface area (Å²) in [6, 6.07) is -0.596. The maximum absolute atomic E-state index is 12.7. The van der Waals surface area contributed by atoms with Gasteiger partial charge >= 0.3 is 0 Å². The molecule has 2 heterocycles. The number of carbonyl (C=O) groups is 3. The van der Waals surface area contributed by atoms with Crippen LogP contribution in [0.4, 0.5) is 0 Å². The van der Waals surface area contributed by atoms with Crippen LogP contribution >= 0.6 is 0 Å². The lowest BCUT2D eigenvalue weighted by Gasteiger charge is -2.33. The quantitative estimate of drug-likeness (QED) is 0.623. The molecule has 0 radical (unpaired) electrons. The van der Waals surface area contributed by atoms with E-state index in [1.807, 2.05) is 6.92 Å². The Balaban J connectivity index is 1.62. The van der Waals surface area contributed by atoms with Gasteiger partial charge in [0, 0.05) is 12.5 Å². The molecule has 122 valence electrons. The van der Waals surface area contributed by atoms with E-state index in [9.17, 15) is 14.4 Å². The highest BCUT2D eigenvalue weighted by Crippen LogP contribution is 2.62. The molecule has 1 saturated carbocycles. The zero-order chi connectivity index (χ0) is 16.0. The SMILES string of the molecule is CC1(C(=O)N[C@H](C=O)C[C@@H]2CCCNC2=O)NCC2CC21C. The fraction of sp³-hybridized carbons (Fsp3) is 0.812. The number of piperidine rings is 2. The van der Waals surface area contributed by atoms with Crippen molar-refractivity contribution < 1.29 is 14.4 Å². The molecule has 2 saturated heterocycles. The Labute approximate surface area is 130 Å². The lowest BCUT2D eigenvalue weighted by Crippen LogP contribution is -2.59. The molecular weight excluding hydrogens is 282 g/mol. The molecule has 3 rings (SSSR count). The van der Waals surface area contributed by atoms with Crippen molar-refractivity contribution in [2.75, 3.05) is 13.1 Å². The molecule has 0 aromatic rings. The minimum atomic E-state index is -0.617. The molecular formula is C16H25N3O3. The number of nitrogens with one attached hydrogen (secondary N) is 3. The lowest BCUT2D eigenvalue weighted by atomic mass is 9.83. The maximum atomic E-state index is 12.7. The Morgan fingerprint density at radius 1 is 1.50 bits per heavy atom. The minimum absolute atomic E-state index is 0.00721. The molecule has 2 aliphatic heterocycles. The van der Waals surface area contributed by atoms with Crippen LogP contribution in [0.25, 0.3) is 0 Å². The van der Waals surface area contributed by atoms with Gasteiger partial charge in [0.25, 0.3) is 0 Å². The summed E-state index contributed by atoms with van der Waals surface area (Å²) in [5.41, 5.74) is -0.625. The molecule has 6 nitrogen and oxygen atoms in total. The van der Waals surface area contributed by atoms with E-state index in [0.29, 0.717) is 18.9 Å². The number of hydrogen-bond donors (Lipinski definition) is 3. The van der Waals surface area contributed by atoms with Crippen LogP contribution in [0.2, 0.25) is 0 Å². The molecule has 0 spiro atoms. The Morgan fingerprint density at radius 2 is 2.27 bits per heavy atom. The van der Waals surface area contributed by atoms with Crippen molar-refractivity contribution in [2.24, 2.45) is 17.3 Å². The Bertz CT molecular complexity index is 507. The third kappa shape index (κ3) is 2.33. The minimum Gasteiger partial charge on any atom is -0.356 e. The van der Waals surface area contributed by atoms with Gasteiger partial charge in [-0.1, -0.05) is 6.92 Å². The van der Waals surface area contributed by atoms with E-state index in [2.05, 4.69) is 22.9 Å². The summed E-state index contributed by atoms with van der Waals surface area (Å²) in [5.74, 6) is 0.245. The van der Waals surface area contributed by atoms with Crippen LogP contribution in [0.5, 0.6) is 0 Å². The van der Waals surface area contributed by atoms with Gasteiger partial charge in [0.1, 0.15) is 11.8 Å². The predicted octanol–water partition coefficient (Wildman–Crippen LogP) is -0.0255. The summed E-state index contributed by atoms with van der Waals surface area (Å²) in [7, 11) is 0. The van der Waals surface area contributed by atoms with Gasteiger partial charge in [-0.05, 0) is 50.5 Å². The second-order valence-corrected chi connectivity index (χ2v) is 7.41. The second kappa shape index (κ2) is 5.33. The molecule has 5 atom stereocenters. The molecule has 2 amide bonds. The van der Waals surface area contributed by atoms with Crippen molar-refractivity contribution >= 4 is 18.1 Å². The zero-order valence-electron chi connectivity index (χ0n) is 13.3. The molecule has 3 N–H and O–H groups in total. The van der Waals surface area contributed by atoms with Gasteiger partial charge in [0.05, 0.1) is 6.04 Å². The van der Waals surface area contributed by atoms with Gasteiger partial charge in [-0.25, -0.2) is 0 Å². The molecule has 0 aromatic carbocycles. The van der Waals surface area contributed by atoms with Gasteiger partial charge in [0.15, 0.2) is 0 Å². The maximum Gasteiger partial charge on any atom is 0.241 e. The molecule has 3 unspecified atom stereocenters. The summed E-state index contributed by atoms with van der Waals surface area (Å²) in [6.45, 7) is 5.61. The first-order valence-electron chi connectivity index (χ1n) is 8.20. The lowest BCUT2D eigenvalue weighted by molar-refractivity contribution is -0.132. The van der Waals surface area contributed by atoms with Gasteiger partial charge in [-0.2, -0.15) is 0 Å². The number of hydrogen-bond acceptors (Lipinski definition) is 4. The molecule has 3 aliphatic rings. The van der Waals surface area contributed by atoms with E-state index >= 15 is 0 Å². The number of carbonyl (C=O) groups excluding carboxylic acids is 3. The van der Waals surface area contributed by atoms with E-state index in [4.69, 9.17) is 0 Å². The first kappa shape index (κ1) is 15.5. The molecule has 1 aliphatic carbocycles. The standard InChI is InChI=1S/C16H25N3O3/c1-15-7-11(15)8-18-16(15,2)14(22)19-12(9-20)6-10-4-3-5-17-13(10)21/h9-12,18H,3-8H2,1-2H3,(H,17,21)(H,19,22)/t10-,11?,12-,15?,16?/m0/s1. The first-order valence-corrected chi connectivity index (χ1v) is 8.20. The third-order valence-electron chi connectivity index (χ3n) is 6.13. The number of fused-ring (bicyclic) bond motifs is 1. The van der Waals surface area contributed by atoms with Crippen molar-refractivity contribution in [3.8, 4) is 0 Å². The monoisotopic (exact) mass is 307 g/mol. The molecule has 3 fully saturated rings. The van der Waals surface area contributed by atoms with Crippen LogP contribution in [-0.4, -0.2) is 42.8 Å². The topological polar surface area (TPSA) is 87.3 Å². The molecule has 22 heavy (non-hydrogen) atoms. The molecule has 0 bridgehead atoms. The number of amides is 2. The highest BCUT2D eigenvalue weighted by molar-refractivity contribution is 5.90. The zero-order valence-corrected chi connectivity index (χ0v) is 13.3. The average molecular weight is 307 g/mol. The van der Waals surface area contributed by atoms with Gasteiger partial charge in [0.2, 0.25) is 11.8 Å². The highest BCUT2D eigenvalue weighted by Gasteiger charge is 2.68.